The zero-order valence-corrected chi connectivity index (χ0v) is 12.4. The van der Waals surface area contributed by atoms with Crippen LogP contribution in [0.5, 0.6) is 0 Å². The zero-order valence-electron chi connectivity index (χ0n) is 12.4. The van der Waals surface area contributed by atoms with Crippen molar-refractivity contribution in [3.05, 3.63) is 35.7 Å². The van der Waals surface area contributed by atoms with Gasteiger partial charge >= 0.3 is 6.18 Å². The number of amides is 2. The fourth-order valence-corrected chi connectivity index (χ4v) is 2.38. The van der Waals surface area contributed by atoms with E-state index in [1.54, 1.807) is 6.92 Å². The van der Waals surface area contributed by atoms with Crippen LogP contribution >= 0.6 is 0 Å². The number of halogens is 3. The third-order valence-corrected chi connectivity index (χ3v) is 3.42. The van der Waals surface area contributed by atoms with Gasteiger partial charge in [0.1, 0.15) is 11.9 Å². The van der Waals surface area contributed by atoms with Crippen LogP contribution in [0.3, 0.4) is 0 Å². The van der Waals surface area contributed by atoms with Gasteiger partial charge in [0.25, 0.3) is 5.91 Å². The summed E-state index contributed by atoms with van der Waals surface area (Å²) in [6.45, 7) is 1.64. The van der Waals surface area contributed by atoms with E-state index >= 15 is 0 Å². The Balaban J connectivity index is 1.71. The lowest BCUT2D eigenvalue weighted by atomic mass is 10.1. The Labute approximate surface area is 133 Å². The Bertz CT molecular complexity index is 815. The molecule has 0 aliphatic carbocycles. The van der Waals surface area contributed by atoms with Crippen molar-refractivity contribution in [2.24, 2.45) is 0 Å². The lowest BCUT2D eigenvalue weighted by molar-refractivity contribution is -0.137. The van der Waals surface area contributed by atoms with Gasteiger partial charge in [-0.3, -0.25) is 14.9 Å². The number of alkyl halides is 3. The van der Waals surface area contributed by atoms with E-state index in [0.29, 0.717) is 5.82 Å². The van der Waals surface area contributed by atoms with Crippen molar-refractivity contribution in [3.8, 4) is 0 Å². The molecule has 1 aromatic carbocycles. The van der Waals surface area contributed by atoms with Gasteiger partial charge in [0.15, 0.2) is 0 Å². The molecule has 1 aromatic heterocycles. The summed E-state index contributed by atoms with van der Waals surface area (Å²) in [5.74, 6) is -0.359. The number of carbonyl (C=O) groups excluding carboxylic acids is 2. The number of fused-ring (bicyclic) bond motifs is 1. The smallest absolute Gasteiger partial charge is 0.326 e. The highest BCUT2D eigenvalue weighted by molar-refractivity contribution is 6.00. The second kappa shape index (κ2) is 5.62. The van der Waals surface area contributed by atoms with Crippen LogP contribution in [0.4, 0.5) is 24.8 Å². The van der Waals surface area contributed by atoms with Crippen LogP contribution in [0.25, 0.3) is 0 Å². The first-order chi connectivity index (χ1) is 11.2. The average molecular weight is 339 g/mol. The number of aromatic nitrogens is 3. The molecule has 3 rings (SSSR count). The molecule has 0 unspecified atom stereocenters. The van der Waals surface area contributed by atoms with E-state index in [1.807, 2.05) is 0 Å². The van der Waals surface area contributed by atoms with E-state index in [9.17, 15) is 22.8 Å². The van der Waals surface area contributed by atoms with Gasteiger partial charge in [-0.2, -0.15) is 23.3 Å². The van der Waals surface area contributed by atoms with Crippen LogP contribution in [0.2, 0.25) is 0 Å². The molecule has 0 bridgehead atoms. The van der Waals surface area contributed by atoms with Gasteiger partial charge in [-0.1, -0.05) is 6.07 Å². The number of hydrogen-bond donors (Lipinski definition) is 2. The molecule has 2 amide bonds. The maximum atomic E-state index is 12.7. The van der Waals surface area contributed by atoms with Crippen LogP contribution in [-0.4, -0.2) is 26.6 Å². The molecule has 2 aromatic rings. The van der Waals surface area contributed by atoms with E-state index in [0.717, 1.165) is 12.1 Å². The Morgan fingerprint density at radius 2 is 2.17 bits per heavy atom. The predicted molar refractivity (Wildman–Crippen MR) is 77.1 cm³/mol. The lowest BCUT2D eigenvalue weighted by Crippen LogP contribution is -2.24. The van der Waals surface area contributed by atoms with Crippen molar-refractivity contribution in [2.45, 2.75) is 25.6 Å². The lowest BCUT2D eigenvalue weighted by Gasteiger charge is -2.11. The van der Waals surface area contributed by atoms with E-state index in [1.165, 1.54) is 16.8 Å². The number of rotatable bonds is 3. The molecule has 1 aliphatic rings. The van der Waals surface area contributed by atoms with E-state index in [4.69, 9.17) is 0 Å². The monoisotopic (exact) mass is 339 g/mol. The summed E-state index contributed by atoms with van der Waals surface area (Å²) in [7, 11) is 0. The second-order valence-corrected chi connectivity index (χ2v) is 5.26. The second-order valence-electron chi connectivity index (χ2n) is 5.26. The molecule has 10 heteroatoms. The van der Waals surface area contributed by atoms with Gasteiger partial charge in [-0.25, -0.2) is 4.68 Å². The fraction of sp³-hybridized carbons (Fsp3) is 0.286. The first kappa shape index (κ1) is 16.0. The van der Waals surface area contributed by atoms with Crippen LogP contribution < -0.4 is 10.6 Å². The normalized spacial score (nSPS) is 16.7. The molecule has 0 saturated heterocycles. The van der Waals surface area contributed by atoms with Crippen molar-refractivity contribution >= 4 is 23.5 Å². The van der Waals surface area contributed by atoms with Gasteiger partial charge < -0.3 is 5.32 Å². The van der Waals surface area contributed by atoms with Gasteiger partial charge in [-0.15, -0.1) is 0 Å². The molecule has 2 N–H and O–H groups in total. The molecule has 1 aliphatic heterocycles. The highest BCUT2D eigenvalue weighted by Crippen LogP contribution is 2.31. The Hall–Kier alpha value is -2.91. The number of nitrogens with zero attached hydrogens (tertiary/aromatic N) is 3. The minimum Gasteiger partial charge on any atom is -0.326 e. The number of hydrogen-bond acceptors (Lipinski definition) is 4. The summed E-state index contributed by atoms with van der Waals surface area (Å²) in [6.07, 6.45) is -4.77. The minimum atomic E-state index is -4.50. The molecule has 0 fully saturated rings. The van der Waals surface area contributed by atoms with Gasteiger partial charge in [-0.05, 0) is 25.1 Å². The van der Waals surface area contributed by atoms with Crippen LogP contribution in [0.1, 0.15) is 23.9 Å². The number of nitrogens with one attached hydrogen (secondary N) is 2. The highest BCUT2D eigenvalue weighted by Gasteiger charge is 2.35. The largest absolute Gasteiger partial charge is 0.416 e. The quantitative estimate of drug-likeness (QED) is 0.896. The van der Waals surface area contributed by atoms with Crippen molar-refractivity contribution in [1.82, 2.24) is 14.8 Å². The third kappa shape index (κ3) is 3.07. The molecule has 0 spiro atoms. The molecule has 7 nitrogen and oxygen atoms in total. The van der Waals surface area contributed by atoms with Crippen molar-refractivity contribution in [2.75, 3.05) is 10.6 Å². The molecule has 0 saturated carbocycles. The van der Waals surface area contributed by atoms with Crippen molar-refractivity contribution in [1.29, 1.82) is 0 Å². The van der Waals surface area contributed by atoms with Gasteiger partial charge in [0.2, 0.25) is 11.9 Å². The number of anilines is 2. The Morgan fingerprint density at radius 3 is 2.88 bits per heavy atom. The summed E-state index contributed by atoms with van der Waals surface area (Å²) >= 11 is 0. The summed E-state index contributed by atoms with van der Waals surface area (Å²) in [4.78, 5) is 27.9. The summed E-state index contributed by atoms with van der Waals surface area (Å²) in [6, 6.07) is 3.39. The summed E-state index contributed by atoms with van der Waals surface area (Å²) in [5.41, 5.74) is -0.865. The zero-order chi connectivity index (χ0) is 17.5. The molecule has 2 heterocycles. The predicted octanol–water partition coefficient (Wildman–Crippen LogP) is 2.13. The number of aryl methyl sites for hydroxylation is 1. The maximum absolute atomic E-state index is 12.7. The first-order valence-corrected chi connectivity index (χ1v) is 6.95. The summed E-state index contributed by atoms with van der Waals surface area (Å²) < 4.78 is 39.3. The van der Waals surface area contributed by atoms with Crippen LogP contribution in [-0.2, 0) is 15.8 Å². The average Bonchev–Trinajstić information content (AvgIpc) is 2.96. The molecular weight excluding hydrogens is 327 g/mol. The topological polar surface area (TPSA) is 88.9 Å². The number of benzene rings is 1. The summed E-state index contributed by atoms with van der Waals surface area (Å²) in [5, 5.41) is 8.87. The Kier molecular flexibility index (Phi) is 3.74. The van der Waals surface area contributed by atoms with Crippen molar-refractivity contribution < 1.29 is 22.8 Å². The van der Waals surface area contributed by atoms with E-state index in [-0.39, 0.29) is 18.1 Å². The van der Waals surface area contributed by atoms with Gasteiger partial charge in [0, 0.05) is 5.69 Å². The first-order valence-electron chi connectivity index (χ1n) is 6.95. The molecular formula is C14H12F3N5O2. The standard InChI is InChI=1S/C14H12F3N5O2/c1-7-18-13-20-12(24)10(22(13)21-7)6-11(23)19-9-4-2-3-8(5-9)14(15,16)17/h2-5,10H,6H2,1H3,(H,19,23)(H,18,20,21,24)/t10-/m1/s1. The molecule has 1 atom stereocenters. The van der Waals surface area contributed by atoms with E-state index in [2.05, 4.69) is 20.7 Å². The SMILES string of the molecule is Cc1nc2n(n1)[C@H](CC(=O)Nc1cccc(C(F)(F)F)c1)C(=O)N2. The maximum Gasteiger partial charge on any atom is 0.416 e. The molecule has 24 heavy (non-hydrogen) atoms. The third-order valence-electron chi connectivity index (χ3n) is 3.42. The highest BCUT2D eigenvalue weighted by atomic mass is 19.4. The molecule has 0 radical (unpaired) electrons. The van der Waals surface area contributed by atoms with Crippen LogP contribution in [0.15, 0.2) is 24.3 Å². The fourth-order valence-electron chi connectivity index (χ4n) is 2.38. The van der Waals surface area contributed by atoms with Crippen molar-refractivity contribution in [3.63, 3.8) is 0 Å². The minimum absolute atomic E-state index is 0.00299. The van der Waals surface area contributed by atoms with Gasteiger partial charge in [0.05, 0.1) is 12.0 Å². The van der Waals surface area contributed by atoms with E-state index < -0.39 is 29.6 Å². The number of carbonyl (C=O) groups is 2. The Morgan fingerprint density at radius 1 is 1.42 bits per heavy atom. The molecule has 126 valence electrons. The van der Waals surface area contributed by atoms with Crippen LogP contribution in [0, 0.1) is 6.92 Å².